The lowest BCUT2D eigenvalue weighted by molar-refractivity contribution is 0.100. The number of ketones is 1. The molecule has 2 rings (SSSR count). The van der Waals surface area contributed by atoms with E-state index in [1.165, 1.54) is 0 Å². The van der Waals surface area contributed by atoms with E-state index in [0.717, 1.165) is 11.3 Å². The number of carbonyl (C=O) groups excluding carboxylic acids is 1. The Morgan fingerprint density at radius 3 is 2.59 bits per heavy atom. The number of ether oxygens (including phenoxy) is 1. The average molecular weight is 230 g/mol. The number of nitrogens with zero attached hydrogens (tertiary/aromatic N) is 2. The minimum atomic E-state index is 0.0241. The van der Waals surface area contributed by atoms with Gasteiger partial charge in [-0.3, -0.25) is 9.48 Å². The van der Waals surface area contributed by atoms with E-state index in [4.69, 9.17) is 4.74 Å². The van der Waals surface area contributed by atoms with Gasteiger partial charge in [0.25, 0.3) is 0 Å². The molecule has 0 atom stereocenters. The molecular weight excluding hydrogens is 216 g/mol. The molecule has 2 aromatic rings. The van der Waals surface area contributed by atoms with Crippen LogP contribution in [0.3, 0.4) is 0 Å². The zero-order chi connectivity index (χ0) is 12.3. The average Bonchev–Trinajstić information content (AvgIpc) is 2.78. The van der Waals surface area contributed by atoms with E-state index in [1.54, 1.807) is 31.0 Å². The Bertz CT molecular complexity index is 514. The lowest BCUT2D eigenvalue weighted by Gasteiger charge is -2.06. The van der Waals surface area contributed by atoms with Gasteiger partial charge in [0.2, 0.25) is 0 Å². The highest BCUT2D eigenvalue weighted by atomic mass is 16.5. The smallest absolute Gasteiger partial charge is 0.177 e. The largest absolute Gasteiger partial charge is 0.497 e. The van der Waals surface area contributed by atoms with Gasteiger partial charge in [0.15, 0.2) is 5.78 Å². The molecule has 0 unspecified atom stereocenters. The molecule has 0 N–H and O–H groups in total. The summed E-state index contributed by atoms with van der Waals surface area (Å²) < 4.78 is 6.79. The summed E-state index contributed by atoms with van der Waals surface area (Å²) in [6, 6.07) is 9.44. The first-order valence-electron chi connectivity index (χ1n) is 5.36. The van der Waals surface area contributed by atoms with Crippen molar-refractivity contribution in [1.29, 1.82) is 0 Å². The summed E-state index contributed by atoms with van der Waals surface area (Å²) in [5.74, 6) is 0.844. The van der Waals surface area contributed by atoms with Crippen molar-refractivity contribution in [3.05, 3.63) is 47.8 Å². The number of aromatic nitrogens is 2. The van der Waals surface area contributed by atoms with Crippen molar-refractivity contribution in [1.82, 2.24) is 9.78 Å². The number of carbonyl (C=O) groups is 1. The number of methoxy groups -OCH3 is 1. The molecule has 0 saturated heterocycles. The van der Waals surface area contributed by atoms with E-state index < -0.39 is 0 Å². The Labute approximate surface area is 99.8 Å². The Morgan fingerprint density at radius 1 is 1.29 bits per heavy atom. The van der Waals surface area contributed by atoms with Crippen LogP contribution in [0, 0.1) is 0 Å². The van der Waals surface area contributed by atoms with Crippen molar-refractivity contribution in [3.63, 3.8) is 0 Å². The Hall–Kier alpha value is -2.10. The molecule has 4 heteroatoms. The van der Waals surface area contributed by atoms with Crippen molar-refractivity contribution in [2.75, 3.05) is 7.11 Å². The summed E-state index contributed by atoms with van der Waals surface area (Å²) >= 11 is 0. The summed E-state index contributed by atoms with van der Waals surface area (Å²) in [5.41, 5.74) is 1.71. The number of rotatable bonds is 4. The molecule has 1 aromatic heterocycles. The van der Waals surface area contributed by atoms with Gasteiger partial charge in [-0.15, -0.1) is 0 Å². The summed E-state index contributed by atoms with van der Waals surface area (Å²) in [4.78, 5) is 11.3. The normalized spacial score (nSPS) is 10.2. The SMILES string of the molecule is COc1ccc(Cn2nccc2C(C)=O)cc1. The molecule has 0 saturated carbocycles. The van der Waals surface area contributed by atoms with Gasteiger partial charge < -0.3 is 4.74 Å². The molecular formula is C13H14N2O2. The molecule has 1 aromatic carbocycles. The van der Waals surface area contributed by atoms with Gasteiger partial charge in [-0.2, -0.15) is 5.10 Å². The predicted octanol–water partition coefficient (Wildman–Crippen LogP) is 2.14. The molecule has 0 aliphatic heterocycles. The summed E-state index contributed by atoms with van der Waals surface area (Å²) in [6.07, 6.45) is 1.64. The Balaban J connectivity index is 2.19. The van der Waals surface area contributed by atoms with Gasteiger partial charge in [0, 0.05) is 13.1 Å². The molecule has 0 aliphatic carbocycles. The van der Waals surface area contributed by atoms with E-state index in [-0.39, 0.29) is 5.78 Å². The quantitative estimate of drug-likeness (QED) is 0.756. The van der Waals surface area contributed by atoms with Crippen LogP contribution in [0.5, 0.6) is 5.75 Å². The van der Waals surface area contributed by atoms with Crippen LogP contribution in [0.2, 0.25) is 0 Å². The maximum absolute atomic E-state index is 11.3. The highest BCUT2D eigenvalue weighted by Crippen LogP contribution is 2.13. The standard InChI is InChI=1S/C13H14N2O2/c1-10(16)13-7-8-14-15(13)9-11-3-5-12(17-2)6-4-11/h3-8H,9H2,1-2H3. The van der Waals surface area contributed by atoms with Crippen molar-refractivity contribution >= 4 is 5.78 Å². The van der Waals surface area contributed by atoms with Crippen molar-refractivity contribution in [2.45, 2.75) is 13.5 Å². The molecule has 4 nitrogen and oxygen atoms in total. The van der Waals surface area contributed by atoms with Gasteiger partial charge in [0.05, 0.1) is 13.7 Å². The lowest BCUT2D eigenvalue weighted by Crippen LogP contribution is -2.09. The minimum absolute atomic E-state index is 0.0241. The fourth-order valence-corrected chi connectivity index (χ4v) is 1.66. The minimum Gasteiger partial charge on any atom is -0.497 e. The highest BCUT2D eigenvalue weighted by Gasteiger charge is 2.07. The van der Waals surface area contributed by atoms with Gasteiger partial charge in [-0.05, 0) is 23.8 Å². The molecule has 88 valence electrons. The van der Waals surface area contributed by atoms with Gasteiger partial charge in [-0.1, -0.05) is 12.1 Å². The second kappa shape index (κ2) is 4.82. The molecule has 1 heterocycles. The van der Waals surface area contributed by atoms with Crippen LogP contribution in [-0.4, -0.2) is 22.7 Å². The second-order valence-corrected chi connectivity index (χ2v) is 3.78. The second-order valence-electron chi connectivity index (χ2n) is 3.78. The molecule has 0 bridgehead atoms. The lowest BCUT2D eigenvalue weighted by atomic mass is 10.2. The summed E-state index contributed by atoms with van der Waals surface area (Å²) in [6.45, 7) is 2.13. The maximum atomic E-state index is 11.3. The number of hydrogen-bond acceptors (Lipinski definition) is 3. The molecule has 0 radical (unpaired) electrons. The van der Waals surface area contributed by atoms with Gasteiger partial charge in [-0.25, -0.2) is 0 Å². The van der Waals surface area contributed by atoms with E-state index in [0.29, 0.717) is 12.2 Å². The summed E-state index contributed by atoms with van der Waals surface area (Å²) in [7, 11) is 1.64. The van der Waals surface area contributed by atoms with Crippen LogP contribution in [0.25, 0.3) is 0 Å². The Morgan fingerprint density at radius 2 is 2.00 bits per heavy atom. The third-order valence-electron chi connectivity index (χ3n) is 2.57. The molecule has 0 amide bonds. The van der Waals surface area contributed by atoms with Gasteiger partial charge >= 0.3 is 0 Å². The van der Waals surface area contributed by atoms with Crippen LogP contribution in [-0.2, 0) is 6.54 Å². The van der Waals surface area contributed by atoms with E-state index in [9.17, 15) is 4.79 Å². The van der Waals surface area contributed by atoms with Crippen molar-refractivity contribution in [3.8, 4) is 5.75 Å². The van der Waals surface area contributed by atoms with Crippen LogP contribution in [0.4, 0.5) is 0 Å². The fraction of sp³-hybridized carbons (Fsp3) is 0.231. The summed E-state index contributed by atoms with van der Waals surface area (Å²) in [5, 5.41) is 4.14. The number of Topliss-reactive ketones (excluding diaryl/α,β-unsaturated/α-hetero) is 1. The zero-order valence-electron chi connectivity index (χ0n) is 9.88. The van der Waals surface area contributed by atoms with Crippen LogP contribution in [0.15, 0.2) is 36.5 Å². The topological polar surface area (TPSA) is 44.1 Å². The first-order chi connectivity index (χ1) is 8.20. The predicted molar refractivity (Wildman–Crippen MR) is 64.3 cm³/mol. The van der Waals surface area contributed by atoms with Crippen LogP contribution in [0.1, 0.15) is 23.0 Å². The number of benzene rings is 1. The van der Waals surface area contributed by atoms with Gasteiger partial charge in [0.1, 0.15) is 11.4 Å². The van der Waals surface area contributed by atoms with Crippen molar-refractivity contribution in [2.24, 2.45) is 0 Å². The number of hydrogen-bond donors (Lipinski definition) is 0. The molecule has 0 spiro atoms. The van der Waals surface area contributed by atoms with E-state index >= 15 is 0 Å². The van der Waals surface area contributed by atoms with E-state index in [1.807, 2.05) is 24.3 Å². The molecule has 0 fully saturated rings. The first kappa shape index (κ1) is 11.4. The Kier molecular flexibility index (Phi) is 3.23. The van der Waals surface area contributed by atoms with Crippen molar-refractivity contribution < 1.29 is 9.53 Å². The monoisotopic (exact) mass is 230 g/mol. The highest BCUT2D eigenvalue weighted by molar-refractivity contribution is 5.92. The maximum Gasteiger partial charge on any atom is 0.177 e. The fourth-order valence-electron chi connectivity index (χ4n) is 1.66. The van der Waals surface area contributed by atoms with Crippen LogP contribution < -0.4 is 4.74 Å². The first-order valence-corrected chi connectivity index (χ1v) is 5.36. The third-order valence-corrected chi connectivity index (χ3v) is 2.57. The van der Waals surface area contributed by atoms with E-state index in [2.05, 4.69) is 5.10 Å². The third kappa shape index (κ3) is 2.53. The van der Waals surface area contributed by atoms with Crippen LogP contribution >= 0.6 is 0 Å². The zero-order valence-corrected chi connectivity index (χ0v) is 9.88. The molecule has 17 heavy (non-hydrogen) atoms. The molecule has 0 aliphatic rings.